The average Bonchev–Trinajstić information content (AvgIpc) is 2.58. The smallest absolute Gasteiger partial charge is 0.351 e. The summed E-state index contributed by atoms with van der Waals surface area (Å²) in [7, 11) is 0. The van der Waals surface area contributed by atoms with Crippen LogP contribution in [0.5, 0.6) is 0 Å². The van der Waals surface area contributed by atoms with Gasteiger partial charge in [-0.1, -0.05) is 0 Å². The molecule has 88 valence electrons. The van der Waals surface area contributed by atoms with Crippen molar-refractivity contribution in [3.05, 3.63) is 11.6 Å². The van der Waals surface area contributed by atoms with E-state index in [1.165, 1.54) is 4.90 Å². The normalized spacial score (nSPS) is 16.1. The van der Waals surface area contributed by atoms with Crippen LogP contribution in [0.15, 0.2) is 0 Å². The SMILES string of the molecule is NC(=O)N1CCn2nc(C(F)(F)F)nc2C1. The van der Waals surface area contributed by atoms with Gasteiger partial charge in [0.2, 0.25) is 0 Å². The summed E-state index contributed by atoms with van der Waals surface area (Å²) >= 11 is 0. The van der Waals surface area contributed by atoms with Crippen LogP contribution in [0.25, 0.3) is 0 Å². The molecule has 2 rings (SSSR count). The van der Waals surface area contributed by atoms with Gasteiger partial charge in [-0.05, 0) is 0 Å². The summed E-state index contributed by atoms with van der Waals surface area (Å²) < 4.78 is 38.0. The van der Waals surface area contributed by atoms with E-state index in [1.807, 2.05) is 0 Å². The molecule has 0 aromatic carbocycles. The highest BCUT2D eigenvalue weighted by molar-refractivity contribution is 5.71. The van der Waals surface area contributed by atoms with Gasteiger partial charge in [0, 0.05) is 6.54 Å². The number of urea groups is 1. The first-order valence-corrected chi connectivity index (χ1v) is 4.43. The molecule has 2 amide bonds. The van der Waals surface area contributed by atoms with Crippen molar-refractivity contribution in [2.45, 2.75) is 19.3 Å². The molecular weight excluding hydrogens is 227 g/mol. The molecule has 1 aliphatic heterocycles. The minimum Gasteiger partial charge on any atom is -0.351 e. The number of amides is 2. The molecule has 0 saturated carbocycles. The largest absolute Gasteiger partial charge is 0.453 e. The lowest BCUT2D eigenvalue weighted by atomic mass is 10.4. The van der Waals surface area contributed by atoms with E-state index in [0.717, 1.165) is 4.68 Å². The number of carbonyl (C=O) groups is 1. The van der Waals surface area contributed by atoms with E-state index < -0.39 is 18.0 Å². The van der Waals surface area contributed by atoms with Crippen LogP contribution in [0.2, 0.25) is 0 Å². The highest BCUT2D eigenvalue weighted by atomic mass is 19.4. The van der Waals surface area contributed by atoms with E-state index in [-0.39, 0.29) is 25.5 Å². The Labute approximate surface area is 87.8 Å². The van der Waals surface area contributed by atoms with Crippen molar-refractivity contribution in [3.8, 4) is 0 Å². The molecule has 16 heavy (non-hydrogen) atoms. The first-order valence-electron chi connectivity index (χ1n) is 4.43. The van der Waals surface area contributed by atoms with Crippen LogP contribution in [-0.2, 0) is 19.3 Å². The number of carbonyl (C=O) groups excluding carboxylic acids is 1. The van der Waals surface area contributed by atoms with Crippen LogP contribution < -0.4 is 5.73 Å². The number of fused-ring (bicyclic) bond motifs is 1. The molecule has 2 N–H and O–H groups in total. The number of hydrogen-bond acceptors (Lipinski definition) is 3. The number of nitrogens with zero attached hydrogens (tertiary/aromatic N) is 4. The second kappa shape index (κ2) is 3.35. The van der Waals surface area contributed by atoms with E-state index in [1.54, 1.807) is 0 Å². The Morgan fingerprint density at radius 1 is 1.38 bits per heavy atom. The standard InChI is InChI=1S/C7H8F3N5O/c8-7(9,10)5-12-4-3-14(6(11)16)1-2-15(4)13-5/h1-3H2,(H2,11,16). The van der Waals surface area contributed by atoms with Crippen LogP contribution in [0.1, 0.15) is 11.6 Å². The highest BCUT2D eigenvalue weighted by Crippen LogP contribution is 2.27. The fourth-order valence-corrected chi connectivity index (χ4v) is 1.44. The Bertz CT molecular complexity index is 426. The molecule has 6 nitrogen and oxygen atoms in total. The van der Waals surface area contributed by atoms with Gasteiger partial charge in [-0.3, -0.25) is 0 Å². The number of primary amides is 1. The van der Waals surface area contributed by atoms with E-state index in [9.17, 15) is 18.0 Å². The molecule has 1 aliphatic rings. The lowest BCUT2D eigenvalue weighted by molar-refractivity contribution is -0.145. The second-order valence-corrected chi connectivity index (χ2v) is 3.33. The zero-order valence-corrected chi connectivity index (χ0v) is 8.03. The zero-order valence-electron chi connectivity index (χ0n) is 8.03. The van der Waals surface area contributed by atoms with E-state index in [0.29, 0.717) is 0 Å². The van der Waals surface area contributed by atoms with Crippen molar-refractivity contribution >= 4 is 6.03 Å². The maximum absolute atomic E-state index is 12.3. The van der Waals surface area contributed by atoms with Gasteiger partial charge in [-0.25, -0.2) is 14.5 Å². The molecule has 0 fully saturated rings. The van der Waals surface area contributed by atoms with Gasteiger partial charge in [0.05, 0.1) is 13.1 Å². The highest BCUT2D eigenvalue weighted by Gasteiger charge is 2.38. The van der Waals surface area contributed by atoms with Gasteiger partial charge in [-0.2, -0.15) is 13.2 Å². The predicted molar refractivity (Wildman–Crippen MR) is 45.0 cm³/mol. The number of halogens is 3. The summed E-state index contributed by atoms with van der Waals surface area (Å²) in [4.78, 5) is 15.4. The third-order valence-corrected chi connectivity index (χ3v) is 2.23. The van der Waals surface area contributed by atoms with Crippen molar-refractivity contribution in [2.24, 2.45) is 5.73 Å². The molecule has 0 aliphatic carbocycles. The Kier molecular flexibility index (Phi) is 2.25. The van der Waals surface area contributed by atoms with Crippen molar-refractivity contribution in [3.63, 3.8) is 0 Å². The Balaban J connectivity index is 2.27. The van der Waals surface area contributed by atoms with E-state index in [4.69, 9.17) is 5.73 Å². The summed E-state index contributed by atoms with van der Waals surface area (Å²) in [6.07, 6.45) is -4.57. The number of aromatic nitrogens is 3. The van der Waals surface area contributed by atoms with Crippen LogP contribution >= 0.6 is 0 Å². The molecule has 0 unspecified atom stereocenters. The van der Waals surface area contributed by atoms with Gasteiger partial charge in [0.15, 0.2) is 0 Å². The van der Waals surface area contributed by atoms with E-state index in [2.05, 4.69) is 10.1 Å². The monoisotopic (exact) mass is 235 g/mol. The van der Waals surface area contributed by atoms with Gasteiger partial charge in [-0.15, -0.1) is 5.10 Å². The van der Waals surface area contributed by atoms with E-state index >= 15 is 0 Å². The zero-order chi connectivity index (χ0) is 11.9. The van der Waals surface area contributed by atoms with Gasteiger partial charge in [0.25, 0.3) is 5.82 Å². The minimum atomic E-state index is -4.57. The fourth-order valence-electron chi connectivity index (χ4n) is 1.44. The van der Waals surface area contributed by atoms with Crippen molar-refractivity contribution in [1.29, 1.82) is 0 Å². The fraction of sp³-hybridized carbons (Fsp3) is 0.571. The number of rotatable bonds is 0. The van der Waals surface area contributed by atoms with Gasteiger partial charge >= 0.3 is 12.2 Å². The first-order chi connectivity index (χ1) is 7.38. The van der Waals surface area contributed by atoms with Crippen molar-refractivity contribution < 1.29 is 18.0 Å². The van der Waals surface area contributed by atoms with Crippen LogP contribution in [-0.4, -0.2) is 32.2 Å². The molecular formula is C7H8F3N5O. The number of hydrogen-bond donors (Lipinski definition) is 1. The van der Waals surface area contributed by atoms with Crippen LogP contribution in [0.3, 0.4) is 0 Å². The summed E-state index contributed by atoms with van der Waals surface area (Å²) in [5, 5.41) is 3.32. The molecule has 0 radical (unpaired) electrons. The molecule has 0 spiro atoms. The second-order valence-electron chi connectivity index (χ2n) is 3.33. The van der Waals surface area contributed by atoms with Crippen LogP contribution in [0, 0.1) is 0 Å². The quantitative estimate of drug-likeness (QED) is 0.697. The number of alkyl halides is 3. The molecule has 0 atom stereocenters. The van der Waals surface area contributed by atoms with Gasteiger partial charge in [0.1, 0.15) is 5.82 Å². The predicted octanol–water partition coefficient (Wildman–Crippen LogP) is 0.191. The maximum atomic E-state index is 12.3. The number of nitrogens with two attached hydrogens (primary N) is 1. The van der Waals surface area contributed by atoms with Gasteiger partial charge < -0.3 is 10.6 Å². The average molecular weight is 235 g/mol. The molecule has 0 saturated heterocycles. The summed E-state index contributed by atoms with van der Waals surface area (Å²) in [6, 6.07) is -0.678. The molecule has 1 aromatic heterocycles. The summed E-state index contributed by atoms with van der Waals surface area (Å²) in [5.41, 5.74) is 5.02. The first kappa shape index (κ1) is 10.7. The minimum absolute atomic E-state index is 0.0432. The molecule has 9 heteroatoms. The van der Waals surface area contributed by atoms with Crippen molar-refractivity contribution in [2.75, 3.05) is 6.54 Å². The lowest BCUT2D eigenvalue weighted by Gasteiger charge is -2.24. The lowest BCUT2D eigenvalue weighted by Crippen LogP contribution is -2.41. The summed E-state index contributed by atoms with van der Waals surface area (Å²) in [6.45, 7) is 0.364. The Morgan fingerprint density at radius 2 is 2.06 bits per heavy atom. The Morgan fingerprint density at radius 3 is 2.62 bits per heavy atom. The Hall–Kier alpha value is -1.80. The topological polar surface area (TPSA) is 77.0 Å². The third kappa shape index (κ3) is 1.79. The van der Waals surface area contributed by atoms with Crippen LogP contribution in [0.4, 0.5) is 18.0 Å². The summed E-state index contributed by atoms with van der Waals surface area (Å²) in [5.74, 6) is -1.09. The molecule has 2 heterocycles. The third-order valence-electron chi connectivity index (χ3n) is 2.23. The maximum Gasteiger partial charge on any atom is 0.453 e. The van der Waals surface area contributed by atoms with Crippen molar-refractivity contribution in [1.82, 2.24) is 19.7 Å². The molecule has 0 bridgehead atoms. The molecule has 1 aromatic rings.